The van der Waals surface area contributed by atoms with Crippen LogP contribution in [0.4, 0.5) is 5.69 Å². The van der Waals surface area contributed by atoms with Gasteiger partial charge >= 0.3 is 0 Å². The summed E-state index contributed by atoms with van der Waals surface area (Å²) in [7, 11) is 0. The molecule has 1 aromatic carbocycles. The number of nitrogens with one attached hydrogen (secondary N) is 2. The summed E-state index contributed by atoms with van der Waals surface area (Å²) in [4.78, 5) is 28.0. The number of ether oxygens (including phenoxy) is 1. The van der Waals surface area contributed by atoms with Crippen LogP contribution in [0.3, 0.4) is 0 Å². The largest absolute Gasteiger partial charge is 0.492 e. The minimum absolute atomic E-state index is 0.0846. The molecule has 6 nitrogen and oxygen atoms in total. The molecule has 0 fully saturated rings. The Bertz CT molecular complexity index is 718. The third-order valence-corrected chi connectivity index (χ3v) is 3.85. The second-order valence-corrected chi connectivity index (χ2v) is 5.65. The summed E-state index contributed by atoms with van der Waals surface area (Å²) >= 11 is 0. The Kier molecular flexibility index (Phi) is 5.05. The minimum atomic E-state index is -0.221. The number of hydrogen-bond acceptors (Lipinski definition) is 4. The first-order valence-electron chi connectivity index (χ1n) is 7.90. The fourth-order valence-electron chi connectivity index (χ4n) is 2.60. The first kappa shape index (κ1) is 16.0. The van der Waals surface area contributed by atoms with Crippen molar-refractivity contribution in [3.8, 4) is 5.75 Å². The van der Waals surface area contributed by atoms with Gasteiger partial charge in [-0.15, -0.1) is 0 Å². The summed E-state index contributed by atoms with van der Waals surface area (Å²) in [6, 6.07) is 11.2. The Morgan fingerprint density at radius 1 is 1.21 bits per heavy atom. The number of benzene rings is 1. The first-order valence-corrected chi connectivity index (χ1v) is 7.90. The zero-order chi connectivity index (χ0) is 16.8. The van der Waals surface area contributed by atoms with Crippen LogP contribution < -0.4 is 15.4 Å². The molecule has 0 saturated heterocycles. The molecule has 2 heterocycles. The second kappa shape index (κ2) is 7.59. The van der Waals surface area contributed by atoms with Crippen molar-refractivity contribution in [2.45, 2.75) is 12.8 Å². The number of fused-ring (bicyclic) bond motifs is 1. The van der Waals surface area contributed by atoms with Crippen molar-refractivity contribution in [1.29, 1.82) is 0 Å². The smallest absolute Gasteiger partial charge is 0.226 e. The highest BCUT2D eigenvalue weighted by Crippen LogP contribution is 2.26. The molecular weight excluding hydrogens is 306 g/mol. The fourth-order valence-corrected chi connectivity index (χ4v) is 2.60. The highest BCUT2D eigenvalue weighted by molar-refractivity contribution is 5.91. The molecule has 2 aromatic rings. The average Bonchev–Trinajstić information content (AvgIpc) is 2.62. The number of carbonyl (C=O) groups is 2. The van der Waals surface area contributed by atoms with Crippen molar-refractivity contribution in [3.63, 3.8) is 0 Å². The molecule has 3 rings (SSSR count). The molecule has 1 aliphatic heterocycles. The van der Waals surface area contributed by atoms with E-state index in [4.69, 9.17) is 4.74 Å². The van der Waals surface area contributed by atoms with E-state index in [-0.39, 0.29) is 24.2 Å². The standard InChI is InChI=1S/C18H19N3O3/c22-17(21-15-5-3-8-19-11-15)7-9-20-18(23)14-10-13-4-1-2-6-16(13)24-12-14/h1-6,8,11,14H,7,9-10,12H2,(H,20,23)(H,21,22)/t14-/m0/s1. The van der Waals surface area contributed by atoms with Crippen molar-refractivity contribution >= 4 is 17.5 Å². The quantitative estimate of drug-likeness (QED) is 0.878. The number of nitrogens with zero attached hydrogens (tertiary/aromatic N) is 1. The monoisotopic (exact) mass is 325 g/mol. The number of hydrogen-bond donors (Lipinski definition) is 2. The van der Waals surface area contributed by atoms with Gasteiger partial charge in [0.1, 0.15) is 12.4 Å². The zero-order valence-electron chi connectivity index (χ0n) is 13.2. The van der Waals surface area contributed by atoms with Crippen LogP contribution in [-0.2, 0) is 16.0 Å². The Morgan fingerprint density at radius 3 is 2.92 bits per heavy atom. The van der Waals surface area contributed by atoms with Gasteiger partial charge in [-0.1, -0.05) is 18.2 Å². The van der Waals surface area contributed by atoms with E-state index in [2.05, 4.69) is 15.6 Å². The predicted molar refractivity (Wildman–Crippen MR) is 89.6 cm³/mol. The average molecular weight is 325 g/mol. The van der Waals surface area contributed by atoms with Crippen molar-refractivity contribution < 1.29 is 14.3 Å². The molecule has 0 unspecified atom stereocenters. The third kappa shape index (κ3) is 4.10. The van der Waals surface area contributed by atoms with Gasteiger partial charge in [-0.2, -0.15) is 0 Å². The van der Waals surface area contributed by atoms with Crippen LogP contribution in [0.5, 0.6) is 5.75 Å². The van der Waals surface area contributed by atoms with Gasteiger partial charge in [0.25, 0.3) is 0 Å². The van der Waals surface area contributed by atoms with E-state index < -0.39 is 0 Å². The summed E-state index contributed by atoms with van der Waals surface area (Å²) in [6.07, 6.45) is 4.09. The maximum absolute atomic E-state index is 12.2. The molecular formula is C18H19N3O3. The van der Waals surface area contributed by atoms with E-state index in [0.717, 1.165) is 11.3 Å². The van der Waals surface area contributed by atoms with Crippen LogP contribution in [0, 0.1) is 5.92 Å². The van der Waals surface area contributed by atoms with Gasteiger partial charge in [-0.25, -0.2) is 0 Å². The van der Waals surface area contributed by atoms with E-state index in [9.17, 15) is 9.59 Å². The lowest BCUT2D eigenvalue weighted by atomic mass is 9.96. The molecule has 0 bridgehead atoms. The van der Waals surface area contributed by atoms with Gasteiger partial charge in [-0.3, -0.25) is 14.6 Å². The van der Waals surface area contributed by atoms with E-state index in [1.165, 1.54) is 0 Å². The summed E-state index contributed by atoms with van der Waals surface area (Å²) < 4.78 is 5.62. The van der Waals surface area contributed by atoms with Gasteiger partial charge in [-0.05, 0) is 30.2 Å². The maximum atomic E-state index is 12.2. The molecule has 0 aliphatic carbocycles. The molecule has 0 spiro atoms. The topological polar surface area (TPSA) is 80.3 Å². The number of carbonyl (C=O) groups excluding carboxylic acids is 2. The Morgan fingerprint density at radius 2 is 2.08 bits per heavy atom. The predicted octanol–water partition coefficient (Wildman–Crippen LogP) is 1.78. The Labute approximate surface area is 140 Å². The number of aromatic nitrogens is 1. The van der Waals surface area contributed by atoms with Crippen molar-refractivity contribution in [2.75, 3.05) is 18.5 Å². The van der Waals surface area contributed by atoms with Gasteiger partial charge in [0.05, 0.1) is 17.8 Å². The lowest BCUT2D eigenvalue weighted by Gasteiger charge is -2.24. The number of rotatable bonds is 5. The molecule has 24 heavy (non-hydrogen) atoms. The SMILES string of the molecule is O=C(CCNC(=O)[C@@H]1COc2ccccc2C1)Nc1cccnc1. The molecule has 2 N–H and O–H groups in total. The van der Waals surface area contributed by atoms with Crippen molar-refractivity contribution in [2.24, 2.45) is 5.92 Å². The van der Waals surface area contributed by atoms with E-state index in [0.29, 0.717) is 25.3 Å². The lowest BCUT2D eigenvalue weighted by Crippen LogP contribution is -2.38. The number of para-hydroxylation sites is 1. The summed E-state index contributed by atoms with van der Waals surface area (Å²) in [5.74, 6) is 0.380. The summed E-state index contributed by atoms with van der Waals surface area (Å²) in [5.41, 5.74) is 1.68. The molecule has 6 heteroatoms. The lowest BCUT2D eigenvalue weighted by molar-refractivity contribution is -0.126. The van der Waals surface area contributed by atoms with Gasteiger partial charge in [0, 0.05) is 19.2 Å². The van der Waals surface area contributed by atoms with Gasteiger partial charge in [0.15, 0.2) is 0 Å². The number of pyridine rings is 1. The van der Waals surface area contributed by atoms with Gasteiger partial charge in [0.2, 0.25) is 11.8 Å². The molecule has 124 valence electrons. The van der Waals surface area contributed by atoms with Crippen LogP contribution in [0.15, 0.2) is 48.8 Å². The summed E-state index contributed by atoms with van der Waals surface area (Å²) in [6.45, 7) is 0.661. The normalized spacial score (nSPS) is 15.8. The highest BCUT2D eigenvalue weighted by atomic mass is 16.5. The molecule has 1 aliphatic rings. The maximum Gasteiger partial charge on any atom is 0.226 e. The highest BCUT2D eigenvalue weighted by Gasteiger charge is 2.25. The van der Waals surface area contributed by atoms with E-state index in [1.807, 2.05) is 24.3 Å². The van der Waals surface area contributed by atoms with E-state index in [1.54, 1.807) is 24.5 Å². The van der Waals surface area contributed by atoms with Crippen molar-refractivity contribution in [1.82, 2.24) is 10.3 Å². The van der Waals surface area contributed by atoms with Crippen LogP contribution in [-0.4, -0.2) is 29.9 Å². The van der Waals surface area contributed by atoms with Crippen molar-refractivity contribution in [3.05, 3.63) is 54.4 Å². The number of anilines is 1. The zero-order valence-corrected chi connectivity index (χ0v) is 13.2. The van der Waals surface area contributed by atoms with E-state index >= 15 is 0 Å². The van der Waals surface area contributed by atoms with Gasteiger partial charge < -0.3 is 15.4 Å². The fraction of sp³-hybridized carbons (Fsp3) is 0.278. The molecule has 0 saturated carbocycles. The second-order valence-electron chi connectivity index (χ2n) is 5.65. The Hall–Kier alpha value is -2.89. The Balaban J connectivity index is 1.42. The van der Waals surface area contributed by atoms with Crippen LogP contribution >= 0.6 is 0 Å². The van der Waals surface area contributed by atoms with Crippen LogP contribution in [0.25, 0.3) is 0 Å². The number of amides is 2. The minimum Gasteiger partial charge on any atom is -0.492 e. The van der Waals surface area contributed by atoms with Crippen LogP contribution in [0.2, 0.25) is 0 Å². The summed E-state index contributed by atoms with van der Waals surface area (Å²) in [5, 5.41) is 5.54. The molecule has 1 aromatic heterocycles. The molecule has 1 atom stereocenters. The van der Waals surface area contributed by atoms with Crippen LogP contribution in [0.1, 0.15) is 12.0 Å². The molecule has 2 amide bonds. The third-order valence-electron chi connectivity index (χ3n) is 3.85. The first-order chi connectivity index (χ1) is 11.7. The molecule has 0 radical (unpaired) electrons.